The molecule has 1 aromatic heterocycles. The van der Waals surface area contributed by atoms with E-state index in [9.17, 15) is 9.59 Å². The van der Waals surface area contributed by atoms with Crippen LogP contribution in [0.5, 0.6) is 5.75 Å². The Bertz CT molecular complexity index is 870. The van der Waals surface area contributed by atoms with Crippen LogP contribution in [0.4, 0.5) is 5.69 Å². The number of carbonyl (C=O) groups is 2. The van der Waals surface area contributed by atoms with Gasteiger partial charge in [-0.25, -0.2) is 4.98 Å². The molecule has 6 heteroatoms. The normalized spacial score (nSPS) is 10.3. The first kappa shape index (κ1) is 16.4. The van der Waals surface area contributed by atoms with E-state index >= 15 is 0 Å². The SMILES string of the molecule is CC(=O)Nc1ccc(OC(=O)Cc2coc(-c3ccccc3)n2)cc1. The molecule has 0 fully saturated rings. The number of nitrogens with one attached hydrogen (secondary N) is 1. The number of amides is 1. The first-order valence-electron chi connectivity index (χ1n) is 7.68. The van der Waals surface area contributed by atoms with Crippen LogP contribution >= 0.6 is 0 Å². The van der Waals surface area contributed by atoms with Crippen molar-refractivity contribution in [2.75, 3.05) is 5.32 Å². The molecule has 25 heavy (non-hydrogen) atoms. The van der Waals surface area contributed by atoms with Gasteiger partial charge >= 0.3 is 5.97 Å². The van der Waals surface area contributed by atoms with Crippen LogP contribution in [0.1, 0.15) is 12.6 Å². The summed E-state index contributed by atoms with van der Waals surface area (Å²) < 4.78 is 10.7. The second-order valence-corrected chi connectivity index (χ2v) is 5.37. The highest BCUT2D eigenvalue weighted by molar-refractivity contribution is 5.88. The zero-order chi connectivity index (χ0) is 17.6. The minimum Gasteiger partial charge on any atom is -0.444 e. The lowest BCUT2D eigenvalue weighted by atomic mass is 10.2. The number of rotatable bonds is 5. The van der Waals surface area contributed by atoms with E-state index in [1.54, 1.807) is 24.3 Å². The van der Waals surface area contributed by atoms with Gasteiger partial charge < -0.3 is 14.5 Å². The second kappa shape index (κ2) is 7.44. The molecule has 0 radical (unpaired) electrons. The number of hydrogen-bond acceptors (Lipinski definition) is 5. The third-order valence-corrected chi connectivity index (χ3v) is 3.30. The van der Waals surface area contributed by atoms with Gasteiger partial charge in [-0.1, -0.05) is 18.2 Å². The lowest BCUT2D eigenvalue weighted by Gasteiger charge is -2.05. The highest BCUT2D eigenvalue weighted by atomic mass is 16.5. The summed E-state index contributed by atoms with van der Waals surface area (Å²) in [5, 5.41) is 2.64. The standard InChI is InChI=1S/C19H16N2O4/c1-13(22)20-15-7-9-17(10-8-15)25-18(23)11-16-12-24-19(21-16)14-5-3-2-4-6-14/h2-10,12H,11H2,1H3,(H,20,22). The predicted octanol–water partition coefficient (Wildman–Crippen LogP) is 3.45. The Labute approximate surface area is 144 Å². The molecule has 0 saturated heterocycles. The average Bonchev–Trinajstić information content (AvgIpc) is 3.05. The van der Waals surface area contributed by atoms with Gasteiger partial charge in [-0.3, -0.25) is 9.59 Å². The molecule has 3 rings (SSSR count). The fraction of sp³-hybridized carbons (Fsp3) is 0.105. The Morgan fingerprint density at radius 1 is 1.08 bits per heavy atom. The van der Waals surface area contributed by atoms with E-state index in [-0.39, 0.29) is 12.3 Å². The van der Waals surface area contributed by atoms with E-state index in [0.717, 1.165) is 5.56 Å². The van der Waals surface area contributed by atoms with E-state index in [1.807, 2.05) is 30.3 Å². The van der Waals surface area contributed by atoms with Crippen molar-refractivity contribution in [2.45, 2.75) is 13.3 Å². The van der Waals surface area contributed by atoms with Crippen molar-refractivity contribution in [2.24, 2.45) is 0 Å². The zero-order valence-corrected chi connectivity index (χ0v) is 13.6. The van der Waals surface area contributed by atoms with E-state index in [1.165, 1.54) is 13.2 Å². The molecule has 0 atom stereocenters. The number of aromatic nitrogens is 1. The Morgan fingerprint density at radius 3 is 2.48 bits per heavy atom. The molecule has 0 saturated carbocycles. The van der Waals surface area contributed by atoms with Gasteiger partial charge in [0, 0.05) is 18.2 Å². The number of oxazole rings is 1. The Morgan fingerprint density at radius 2 is 1.80 bits per heavy atom. The van der Waals surface area contributed by atoms with Gasteiger partial charge in [0.15, 0.2) is 0 Å². The molecule has 2 aromatic carbocycles. The van der Waals surface area contributed by atoms with Gasteiger partial charge in [0.1, 0.15) is 12.0 Å². The number of esters is 1. The van der Waals surface area contributed by atoms with Crippen LogP contribution in [-0.2, 0) is 16.0 Å². The third kappa shape index (κ3) is 4.54. The van der Waals surface area contributed by atoms with Crippen LogP contribution in [0.25, 0.3) is 11.5 Å². The molecule has 6 nitrogen and oxygen atoms in total. The monoisotopic (exact) mass is 336 g/mol. The van der Waals surface area contributed by atoms with Gasteiger partial charge in [-0.2, -0.15) is 0 Å². The number of ether oxygens (including phenoxy) is 1. The quantitative estimate of drug-likeness (QED) is 0.570. The number of nitrogens with zero attached hydrogens (tertiary/aromatic N) is 1. The van der Waals surface area contributed by atoms with Crippen molar-refractivity contribution in [3.63, 3.8) is 0 Å². The predicted molar refractivity (Wildman–Crippen MR) is 92.0 cm³/mol. The summed E-state index contributed by atoms with van der Waals surface area (Å²) in [6.07, 6.45) is 1.45. The first-order chi connectivity index (χ1) is 12.1. The summed E-state index contributed by atoms with van der Waals surface area (Å²) in [5.41, 5.74) is 1.98. The summed E-state index contributed by atoms with van der Waals surface area (Å²) in [7, 11) is 0. The van der Waals surface area contributed by atoms with Crippen LogP contribution in [0.15, 0.2) is 65.3 Å². The zero-order valence-electron chi connectivity index (χ0n) is 13.6. The van der Waals surface area contributed by atoms with E-state index in [0.29, 0.717) is 23.0 Å². The summed E-state index contributed by atoms with van der Waals surface area (Å²) in [6, 6.07) is 16.0. The molecule has 0 bridgehead atoms. The maximum Gasteiger partial charge on any atom is 0.317 e. The molecule has 1 amide bonds. The summed E-state index contributed by atoms with van der Waals surface area (Å²) >= 11 is 0. The van der Waals surface area contributed by atoms with Gasteiger partial charge in [-0.15, -0.1) is 0 Å². The average molecular weight is 336 g/mol. The van der Waals surface area contributed by atoms with E-state index in [4.69, 9.17) is 9.15 Å². The topological polar surface area (TPSA) is 81.4 Å². The number of carbonyl (C=O) groups excluding carboxylic acids is 2. The van der Waals surface area contributed by atoms with E-state index in [2.05, 4.69) is 10.3 Å². The van der Waals surface area contributed by atoms with Crippen LogP contribution in [0.2, 0.25) is 0 Å². The molecule has 1 heterocycles. The summed E-state index contributed by atoms with van der Waals surface area (Å²) in [6.45, 7) is 1.43. The fourth-order valence-electron chi connectivity index (χ4n) is 2.23. The van der Waals surface area contributed by atoms with Gasteiger partial charge in [0.05, 0.1) is 12.1 Å². The summed E-state index contributed by atoms with van der Waals surface area (Å²) in [4.78, 5) is 27.3. The van der Waals surface area contributed by atoms with Crippen molar-refractivity contribution in [1.29, 1.82) is 0 Å². The molecular formula is C19H16N2O4. The van der Waals surface area contributed by atoms with Crippen LogP contribution in [0.3, 0.4) is 0 Å². The van der Waals surface area contributed by atoms with Crippen LogP contribution in [-0.4, -0.2) is 16.9 Å². The highest BCUT2D eigenvalue weighted by Gasteiger charge is 2.12. The fourth-order valence-corrected chi connectivity index (χ4v) is 2.23. The number of anilines is 1. The van der Waals surface area contributed by atoms with E-state index < -0.39 is 5.97 Å². The number of hydrogen-bond donors (Lipinski definition) is 1. The first-order valence-corrected chi connectivity index (χ1v) is 7.68. The Balaban J connectivity index is 1.59. The van der Waals surface area contributed by atoms with Gasteiger partial charge in [0.25, 0.3) is 0 Å². The molecule has 0 aliphatic carbocycles. The van der Waals surface area contributed by atoms with Crippen LogP contribution in [0, 0.1) is 0 Å². The van der Waals surface area contributed by atoms with Gasteiger partial charge in [-0.05, 0) is 36.4 Å². The molecule has 0 spiro atoms. The minimum absolute atomic E-state index is 0.00375. The lowest BCUT2D eigenvalue weighted by molar-refractivity contribution is -0.133. The minimum atomic E-state index is -0.444. The van der Waals surface area contributed by atoms with Crippen molar-refractivity contribution in [3.05, 3.63) is 66.6 Å². The maximum absolute atomic E-state index is 12.0. The largest absolute Gasteiger partial charge is 0.444 e. The summed E-state index contributed by atoms with van der Waals surface area (Å²) in [5.74, 6) is 0.249. The Kier molecular flexibility index (Phi) is 4.89. The van der Waals surface area contributed by atoms with Gasteiger partial charge in [0.2, 0.25) is 11.8 Å². The Hall–Kier alpha value is -3.41. The molecule has 0 aliphatic heterocycles. The molecule has 0 aliphatic rings. The molecule has 126 valence electrons. The third-order valence-electron chi connectivity index (χ3n) is 3.30. The lowest BCUT2D eigenvalue weighted by Crippen LogP contribution is -2.11. The maximum atomic E-state index is 12.0. The molecule has 3 aromatic rings. The molecular weight excluding hydrogens is 320 g/mol. The van der Waals surface area contributed by atoms with Crippen molar-refractivity contribution in [1.82, 2.24) is 4.98 Å². The second-order valence-electron chi connectivity index (χ2n) is 5.37. The van der Waals surface area contributed by atoms with Crippen molar-refractivity contribution < 1.29 is 18.7 Å². The van der Waals surface area contributed by atoms with Crippen LogP contribution < -0.4 is 10.1 Å². The molecule has 1 N–H and O–H groups in total. The highest BCUT2D eigenvalue weighted by Crippen LogP contribution is 2.19. The van der Waals surface area contributed by atoms with Crippen molar-refractivity contribution >= 4 is 17.6 Å². The smallest absolute Gasteiger partial charge is 0.317 e. The molecule has 0 unspecified atom stereocenters. The number of benzene rings is 2. The van der Waals surface area contributed by atoms with Crippen molar-refractivity contribution in [3.8, 4) is 17.2 Å².